The summed E-state index contributed by atoms with van der Waals surface area (Å²) in [6.45, 7) is 10.3. The smallest absolute Gasteiger partial charge is 0.191 e. The molecule has 1 aliphatic heterocycles. The molecule has 1 fully saturated rings. The van der Waals surface area contributed by atoms with E-state index in [1.54, 1.807) is 0 Å². The topological polar surface area (TPSA) is 66.7 Å². The van der Waals surface area contributed by atoms with Crippen molar-refractivity contribution in [3.05, 3.63) is 51.8 Å². The van der Waals surface area contributed by atoms with E-state index >= 15 is 0 Å². The molecule has 1 aromatic carbocycles. The summed E-state index contributed by atoms with van der Waals surface area (Å²) in [4.78, 5) is 6.88. The van der Waals surface area contributed by atoms with Crippen LogP contribution in [0.15, 0.2) is 29.3 Å². The lowest BCUT2D eigenvalue weighted by Crippen LogP contribution is -2.48. The average molecular weight is 575 g/mol. The van der Waals surface area contributed by atoms with E-state index in [4.69, 9.17) is 16.3 Å². The molecule has 2 heterocycles. The molecule has 7 nitrogen and oxygen atoms in total. The number of ether oxygens (including phenoxy) is 1. The highest BCUT2D eigenvalue weighted by Gasteiger charge is 2.25. The van der Waals surface area contributed by atoms with Gasteiger partial charge < -0.3 is 15.4 Å². The molecule has 0 aliphatic carbocycles. The van der Waals surface area contributed by atoms with Crippen molar-refractivity contribution in [2.75, 3.05) is 39.9 Å². The van der Waals surface area contributed by atoms with Crippen LogP contribution in [-0.2, 0) is 18.2 Å². The van der Waals surface area contributed by atoms with E-state index in [2.05, 4.69) is 52.5 Å². The van der Waals surface area contributed by atoms with Crippen molar-refractivity contribution in [1.82, 2.24) is 25.3 Å². The first-order valence-corrected chi connectivity index (χ1v) is 11.3. The molecule has 2 aromatic rings. The molecule has 2 unspecified atom stereocenters. The molecule has 32 heavy (non-hydrogen) atoms. The van der Waals surface area contributed by atoms with Crippen LogP contribution in [0.2, 0.25) is 5.02 Å². The van der Waals surface area contributed by atoms with E-state index in [1.165, 1.54) is 11.3 Å². The Morgan fingerprint density at radius 3 is 2.53 bits per heavy atom. The summed E-state index contributed by atoms with van der Waals surface area (Å²) in [7, 11) is 3.80. The molecule has 0 bridgehead atoms. The van der Waals surface area contributed by atoms with Crippen LogP contribution in [0.3, 0.4) is 0 Å². The zero-order valence-electron chi connectivity index (χ0n) is 19.7. The van der Waals surface area contributed by atoms with Gasteiger partial charge in [0, 0.05) is 50.5 Å². The predicted octanol–water partition coefficient (Wildman–Crippen LogP) is 3.48. The summed E-state index contributed by atoms with van der Waals surface area (Å²) >= 11 is 6.55. The number of hydrogen-bond donors (Lipinski definition) is 2. The molecule has 0 radical (unpaired) electrons. The summed E-state index contributed by atoms with van der Waals surface area (Å²) < 4.78 is 7.50. The second-order valence-corrected chi connectivity index (χ2v) is 8.57. The number of halogens is 2. The molecule has 1 aliphatic rings. The Bertz CT molecular complexity index is 897. The molecule has 1 saturated heterocycles. The summed E-state index contributed by atoms with van der Waals surface area (Å²) in [6.07, 6.45) is 0.892. The van der Waals surface area contributed by atoms with E-state index < -0.39 is 0 Å². The second-order valence-electron chi connectivity index (χ2n) is 8.16. The van der Waals surface area contributed by atoms with Gasteiger partial charge in [0.2, 0.25) is 0 Å². The minimum atomic E-state index is 0. The number of nitrogens with one attached hydrogen (secondary N) is 2. The Morgan fingerprint density at radius 1 is 1.25 bits per heavy atom. The molecule has 0 saturated carbocycles. The van der Waals surface area contributed by atoms with Crippen LogP contribution in [0.5, 0.6) is 0 Å². The van der Waals surface area contributed by atoms with Gasteiger partial charge in [-0.25, -0.2) is 0 Å². The van der Waals surface area contributed by atoms with Gasteiger partial charge in [0.1, 0.15) is 0 Å². The lowest BCUT2D eigenvalue weighted by Gasteiger charge is -2.35. The van der Waals surface area contributed by atoms with Gasteiger partial charge in [0.05, 0.1) is 24.9 Å². The van der Waals surface area contributed by atoms with Crippen molar-refractivity contribution in [1.29, 1.82) is 0 Å². The monoisotopic (exact) mass is 574 g/mol. The Hall–Kier alpha value is -1.36. The van der Waals surface area contributed by atoms with Crippen LogP contribution in [-0.4, -0.2) is 66.6 Å². The Labute approximate surface area is 214 Å². The molecule has 3 rings (SSSR count). The SMILES string of the molecule is CN=C(NCC(c1ccccc1Cl)N1CCOCC1)NC(C)Cc1c(C)nn(C)c1C.I. The summed E-state index contributed by atoms with van der Waals surface area (Å²) in [5.41, 5.74) is 4.71. The fraction of sp³-hybridized carbons (Fsp3) is 0.565. The van der Waals surface area contributed by atoms with Crippen LogP contribution >= 0.6 is 35.6 Å². The van der Waals surface area contributed by atoms with Crippen molar-refractivity contribution >= 4 is 41.5 Å². The number of benzene rings is 1. The summed E-state index contributed by atoms with van der Waals surface area (Å²) in [5, 5.41) is 12.4. The number of aliphatic imine (C=N–C) groups is 1. The molecule has 178 valence electrons. The third-order valence-electron chi connectivity index (χ3n) is 5.99. The minimum absolute atomic E-state index is 0. The number of aromatic nitrogens is 2. The summed E-state index contributed by atoms with van der Waals surface area (Å²) in [6, 6.07) is 8.45. The fourth-order valence-electron chi connectivity index (χ4n) is 4.16. The van der Waals surface area contributed by atoms with Gasteiger partial charge in [-0.3, -0.25) is 14.6 Å². The Balaban J connectivity index is 0.00000363. The van der Waals surface area contributed by atoms with Crippen molar-refractivity contribution in [3.63, 3.8) is 0 Å². The van der Waals surface area contributed by atoms with Gasteiger partial charge in [-0.1, -0.05) is 29.8 Å². The van der Waals surface area contributed by atoms with Gasteiger partial charge in [-0.15, -0.1) is 24.0 Å². The quantitative estimate of drug-likeness (QED) is 0.301. The average Bonchev–Trinajstić information content (AvgIpc) is 3.00. The van der Waals surface area contributed by atoms with Crippen LogP contribution in [0.4, 0.5) is 0 Å². The molecular formula is C23H36ClIN6O. The van der Waals surface area contributed by atoms with Gasteiger partial charge in [-0.05, 0) is 44.4 Å². The number of aryl methyl sites for hydroxylation is 2. The van der Waals surface area contributed by atoms with Gasteiger partial charge >= 0.3 is 0 Å². The highest BCUT2D eigenvalue weighted by Crippen LogP contribution is 2.27. The number of nitrogens with zero attached hydrogens (tertiary/aromatic N) is 4. The third-order valence-corrected chi connectivity index (χ3v) is 6.33. The molecule has 2 N–H and O–H groups in total. The van der Waals surface area contributed by atoms with Crippen molar-refractivity contribution < 1.29 is 4.74 Å². The maximum Gasteiger partial charge on any atom is 0.191 e. The maximum absolute atomic E-state index is 6.55. The molecule has 9 heteroatoms. The zero-order chi connectivity index (χ0) is 22.4. The number of morpholine rings is 1. The van der Waals surface area contributed by atoms with Gasteiger partial charge in [-0.2, -0.15) is 5.10 Å². The molecule has 0 amide bonds. The van der Waals surface area contributed by atoms with Crippen molar-refractivity contribution in [2.24, 2.45) is 12.0 Å². The normalized spacial score (nSPS) is 16.9. The molecular weight excluding hydrogens is 539 g/mol. The van der Waals surface area contributed by atoms with Crippen LogP contribution in [0.1, 0.15) is 35.5 Å². The standard InChI is InChI=1S/C23H35ClN6O.HI/c1-16(14-20-17(2)28-29(5)18(20)3)27-23(25-4)26-15-22(30-10-12-31-13-11-30)19-8-6-7-9-21(19)24;/h6-9,16,22H,10-15H2,1-5H3,(H2,25,26,27);1H. The fourth-order valence-corrected chi connectivity index (χ4v) is 4.42. The number of guanidine groups is 1. The van der Waals surface area contributed by atoms with Crippen LogP contribution in [0, 0.1) is 13.8 Å². The van der Waals surface area contributed by atoms with Gasteiger partial charge in [0.15, 0.2) is 5.96 Å². The molecule has 1 aromatic heterocycles. The van der Waals surface area contributed by atoms with Crippen molar-refractivity contribution in [2.45, 2.75) is 39.3 Å². The largest absolute Gasteiger partial charge is 0.379 e. The van der Waals surface area contributed by atoms with E-state index in [0.29, 0.717) is 6.54 Å². The zero-order valence-corrected chi connectivity index (χ0v) is 22.8. The highest BCUT2D eigenvalue weighted by molar-refractivity contribution is 14.0. The Morgan fingerprint density at radius 2 is 1.94 bits per heavy atom. The van der Waals surface area contributed by atoms with E-state index in [0.717, 1.165) is 55.0 Å². The maximum atomic E-state index is 6.55. The molecule has 2 atom stereocenters. The van der Waals surface area contributed by atoms with Crippen LogP contribution < -0.4 is 10.6 Å². The first kappa shape index (κ1) is 26.9. The predicted molar refractivity (Wildman–Crippen MR) is 142 cm³/mol. The van der Waals surface area contributed by atoms with Gasteiger partial charge in [0.25, 0.3) is 0 Å². The number of rotatable bonds is 7. The minimum Gasteiger partial charge on any atom is -0.379 e. The first-order chi connectivity index (χ1) is 14.9. The van der Waals surface area contributed by atoms with E-state index in [1.807, 2.05) is 37.0 Å². The highest BCUT2D eigenvalue weighted by atomic mass is 127. The van der Waals surface area contributed by atoms with Crippen molar-refractivity contribution in [3.8, 4) is 0 Å². The first-order valence-electron chi connectivity index (χ1n) is 10.9. The lowest BCUT2D eigenvalue weighted by molar-refractivity contribution is 0.0170. The Kier molecular flexibility index (Phi) is 10.7. The third kappa shape index (κ3) is 6.82. The summed E-state index contributed by atoms with van der Waals surface area (Å²) in [5.74, 6) is 0.789. The van der Waals surface area contributed by atoms with E-state index in [9.17, 15) is 0 Å². The second kappa shape index (κ2) is 12.8. The number of hydrogen-bond acceptors (Lipinski definition) is 4. The van der Waals surface area contributed by atoms with E-state index in [-0.39, 0.29) is 36.1 Å². The lowest BCUT2D eigenvalue weighted by atomic mass is 10.0. The molecule has 0 spiro atoms. The van der Waals surface area contributed by atoms with Crippen LogP contribution in [0.25, 0.3) is 0 Å².